The topological polar surface area (TPSA) is 41.0 Å². The monoisotopic (exact) mass is 396 g/mol. The van der Waals surface area contributed by atoms with Crippen LogP contribution in [0.15, 0.2) is 36.4 Å². The zero-order chi connectivity index (χ0) is 20.5. The molecule has 1 aliphatic carbocycles. The average molecular weight is 397 g/mol. The lowest BCUT2D eigenvalue weighted by Gasteiger charge is -2.34. The first kappa shape index (κ1) is 20.3. The number of nitrogens with one attached hydrogen (secondary N) is 1. The van der Waals surface area contributed by atoms with Gasteiger partial charge in [-0.15, -0.1) is 10.2 Å². The van der Waals surface area contributed by atoms with E-state index >= 15 is 0 Å². The number of hydrogen-bond donors (Lipinski definition) is 1. The van der Waals surface area contributed by atoms with Crippen molar-refractivity contribution in [1.29, 1.82) is 0 Å². The molecule has 2 aromatic rings. The molecule has 1 N–H and O–H groups in total. The Labute approximate surface area is 173 Å². The third-order valence-electron chi connectivity index (χ3n) is 6.73. The standard InChI is InChI=1S/C24H33FN4/c1-23(2,3)10-13-29-14-11-24(12-15-29)16-18(24)17-26-22-9-8-21(27-28-22)19-6-4-5-7-20(19)25/h4-9,18H,10-17H2,1-3H3,(H,26,28). The molecule has 2 fully saturated rings. The van der Waals surface area contributed by atoms with Gasteiger partial charge in [-0.2, -0.15) is 0 Å². The zero-order valence-corrected chi connectivity index (χ0v) is 17.9. The van der Waals surface area contributed by atoms with E-state index in [0.717, 1.165) is 18.3 Å². The van der Waals surface area contributed by atoms with Gasteiger partial charge in [0.05, 0.1) is 5.69 Å². The van der Waals surface area contributed by atoms with Gasteiger partial charge in [-0.3, -0.25) is 0 Å². The van der Waals surface area contributed by atoms with E-state index in [-0.39, 0.29) is 5.82 Å². The molecule has 4 rings (SSSR count). The number of likely N-dealkylation sites (tertiary alicyclic amines) is 1. The summed E-state index contributed by atoms with van der Waals surface area (Å²) >= 11 is 0. The molecule has 0 amide bonds. The molecule has 1 spiro atoms. The van der Waals surface area contributed by atoms with Crippen LogP contribution in [0.5, 0.6) is 0 Å². The highest BCUT2D eigenvalue weighted by atomic mass is 19.1. The molecule has 2 heterocycles. The second-order valence-electron chi connectivity index (χ2n) is 10.1. The lowest BCUT2D eigenvalue weighted by Crippen LogP contribution is -2.37. The maximum Gasteiger partial charge on any atom is 0.148 e. The van der Waals surface area contributed by atoms with Gasteiger partial charge in [0.1, 0.15) is 11.6 Å². The number of nitrogens with zero attached hydrogens (tertiary/aromatic N) is 3. The Balaban J connectivity index is 1.24. The first-order valence-corrected chi connectivity index (χ1v) is 10.9. The molecule has 1 saturated heterocycles. The highest BCUT2D eigenvalue weighted by Gasteiger charge is 2.54. The number of anilines is 1. The Kier molecular flexibility index (Phi) is 5.60. The Morgan fingerprint density at radius 3 is 2.52 bits per heavy atom. The molecule has 1 aromatic carbocycles. The third kappa shape index (κ3) is 4.95. The van der Waals surface area contributed by atoms with Gasteiger partial charge in [0.25, 0.3) is 0 Å². The summed E-state index contributed by atoms with van der Waals surface area (Å²) in [6.07, 6.45) is 5.24. The number of aromatic nitrogens is 2. The summed E-state index contributed by atoms with van der Waals surface area (Å²) in [7, 11) is 0. The Morgan fingerprint density at radius 1 is 1.10 bits per heavy atom. The molecule has 4 nitrogen and oxygen atoms in total. The van der Waals surface area contributed by atoms with Crippen molar-refractivity contribution in [3.05, 3.63) is 42.2 Å². The van der Waals surface area contributed by atoms with Crippen LogP contribution in [-0.4, -0.2) is 41.3 Å². The van der Waals surface area contributed by atoms with Crippen molar-refractivity contribution in [1.82, 2.24) is 15.1 Å². The van der Waals surface area contributed by atoms with Gasteiger partial charge in [-0.05, 0) is 86.3 Å². The Hall–Kier alpha value is -2.01. The lowest BCUT2D eigenvalue weighted by atomic mass is 9.88. The summed E-state index contributed by atoms with van der Waals surface area (Å²) in [5.41, 5.74) is 2.03. The van der Waals surface area contributed by atoms with Gasteiger partial charge in [0, 0.05) is 12.1 Å². The number of benzene rings is 1. The lowest BCUT2D eigenvalue weighted by molar-refractivity contribution is 0.147. The molecular formula is C24H33FN4. The van der Waals surface area contributed by atoms with Gasteiger partial charge < -0.3 is 10.2 Å². The third-order valence-corrected chi connectivity index (χ3v) is 6.73. The quantitative estimate of drug-likeness (QED) is 0.726. The van der Waals surface area contributed by atoms with Gasteiger partial charge in [0.2, 0.25) is 0 Å². The van der Waals surface area contributed by atoms with Crippen LogP contribution in [0.2, 0.25) is 0 Å². The molecule has 0 radical (unpaired) electrons. The number of rotatable bonds is 6. The number of piperidine rings is 1. The molecule has 1 saturated carbocycles. The predicted octanol–water partition coefficient (Wildman–Crippen LogP) is 5.23. The summed E-state index contributed by atoms with van der Waals surface area (Å²) in [5, 5.41) is 11.9. The maximum absolute atomic E-state index is 13.9. The van der Waals surface area contributed by atoms with Crippen LogP contribution in [-0.2, 0) is 0 Å². The zero-order valence-electron chi connectivity index (χ0n) is 17.9. The Bertz CT molecular complexity index is 820. The van der Waals surface area contributed by atoms with Gasteiger partial charge >= 0.3 is 0 Å². The molecule has 1 unspecified atom stereocenters. The molecule has 5 heteroatoms. The Morgan fingerprint density at radius 2 is 1.86 bits per heavy atom. The summed E-state index contributed by atoms with van der Waals surface area (Å²) in [6.45, 7) is 11.6. The van der Waals surface area contributed by atoms with Crippen molar-refractivity contribution in [3.8, 4) is 11.3 Å². The second-order valence-corrected chi connectivity index (χ2v) is 10.1. The summed E-state index contributed by atoms with van der Waals surface area (Å²) in [4.78, 5) is 2.65. The summed E-state index contributed by atoms with van der Waals surface area (Å²) in [6, 6.07) is 10.4. The van der Waals surface area contributed by atoms with Crippen molar-refractivity contribution in [3.63, 3.8) is 0 Å². The minimum atomic E-state index is -0.267. The minimum Gasteiger partial charge on any atom is -0.368 e. The van der Waals surface area contributed by atoms with Crippen molar-refractivity contribution in [2.45, 2.75) is 46.5 Å². The van der Waals surface area contributed by atoms with Crippen LogP contribution in [0, 0.1) is 22.6 Å². The van der Waals surface area contributed by atoms with Gasteiger partial charge in [0.15, 0.2) is 0 Å². The fourth-order valence-corrected chi connectivity index (χ4v) is 4.52. The van der Waals surface area contributed by atoms with E-state index in [9.17, 15) is 4.39 Å². The van der Waals surface area contributed by atoms with Crippen molar-refractivity contribution in [2.24, 2.45) is 16.7 Å². The highest BCUT2D eigenvalue weighted by molar-refractivity contribution is 5.60. The first-order valence-electron chi connectivity index (χ1n) is 10.9. The number of hydrogen-bond acceptors (Lipinski definition) is 4. The van der Waals surface area contributed by atoms with E-state index in [1.807, 2.05) is 18.2 Å². The van der Waals surface area contributed by atoms with Crippen molar-refractivity contribution in [2.75, 3.05) is 31.5 Å². The van der Waals surface area contributed by atoms with E-state index in [0.29, 0.717) is 22.1 Å². The maximum atomic E-state index is 13.9. The molecule has 1 aromatic heterocycles. The normalized spacial score (nSPS) is 21.3. The van der Waals surface area contributed by atoms with Crippen LogP contribution >= 0.6 is 0 Å². The molecular weight excluding hydrogens is 363 g/mol. The van der Waals surface area contributed by atoms with Crippen LogP contribution < -0.4 is 5.32 Å². The van der Waals surface area contributed by atoms with Crippen LogP contribution in [0.1, 0.15) is 46.5 Å². The minimum absolute atomic E-state index is 0.267. The molecule has 156 valence electrons. The molecule has 1 atom stereocenters. The molecule has 1 aliphatic heterocycles. The fraction of sp³-hybridized carbons (Fsp3) is 0.583. The van der Waals surface area contributed by atoms with E-state index < -0.39 is 0 Å². The summed E-state index contributed by atoms with van der Waals surface area (Å²) < 4.78 is 13.9. The number of halogens is 1. The van der Waals surface area contributed by atoms with Crippen LogP contribution in [0.25, 0.3) is 11.3 Å². The van der Waals surface area contributed by atoms with Crippen LogP contribution in [0.4, 0.5) is 10.2 Å². The largest absolute Gasteiger partial charge is 0.368 e. The van der Waals surface area contributed by atoms with Crippen LogP contribution in [0.3, 0.4) is 0 Å². The molecule has 0 bridgehead atoms. The first-order chi connectivity index (χ1) is 13.8. The highest BCUT2D eigenvalue weighted by Crippen LogP contribution is 2.59. The average Bonchev–Trinajstić information content (AvgIpc) is 3.38. The fourth-order valence-electron chi connectivity index (χ4n) is 4.52. The van der Waals surface area contributed by atoms with Crippen molar-refractivity contribution < 1.29 is 4.39 Å². The predicted molar refractivity (Wildman–Crippen MR) is 116 cm³/mol. The second kappa shape index (κ2) is 8.02. The van der Waals surface area contributed by atoms with E-state index in [1.54, 1.807) is 12.1 Å². The van der Waals surface area contributed by atoms with E-state index in [2.05, 4.69) is 41.2 Å². The smallest absolute Gasteiger partial charge is 0.148 e. The van der Waals surface area contributed by atoms with E-state index in [1.165, 1.54) is 51.4 Å². The van der Waals surface area contributed by atoms with E-state index in [4.69, 9.17) is 0 Å². The summed E-state index contributed by atoms with van der Waals surface area (Å²) in [5.74, 6) is 1.24. The van der Waals surface area contributed by atoms with Gasteiger partial charge in [-0.1, -0.05) is 32.9 Å². The SMILES string of the molecule is CC(C)(C)CCN1CCC2(CC1)CC2CNc1ccc(-c2ccccc2F)nn1. The molecule has 2 aliphatic rings. The van der Waals surface area contributed by atoms with Crippen molar-refractivity contribution >= 4 is 5.82 Å². The molecule has 29 heavy (non-hydrogen) atoms. The van der Waals surface area contributed by atoms with Gasteiger partial charge in [-0.25, -0.2) is 4.39 Å².